The third kappa shape index (κ3) is 3.91. The molecule has 3 saturated heterocycles. The van der Waals surface area contributed by atoms with Crippen LogP contribution in [0.25, 0.3) is 0 Å². The van der Waals surface area contributed by atoms with Gasteiger partial charge in [0.05, 0.1) is 6.04 Å². The molecule has 0 bridgehead atoms. The van der Waals surface area contributed by atoms with Crippen LogP contribution in [0, 0.1) is 0 Å². The van der Waals surface area contributed by atoms with Gasteiger partial charge in [-0.05, 0) is 26.4 Å². The summed E-state index contributed by atoms with van der Waals surface area (Å²) in [6.45, 7) is 5.30. The van der Waals surface area contributed by atoms with Gasteiger partial charge >= 0.3 is 0 Å². The molecule has 3 fully saturated rings. The Hall–Kier alpha value is -0.740. The van der Waals surface area contributed by atoms with Gasteiger partial charge in [0.25, 0.3) is 10.2 Å². The molecule has 0 radical (unpaired) electrons. The number of amides is 1. The first-order valence-electron chi connectivity index (χ1n) is 8.94. The molecule has 1 unspecified atom stereocenters. The van der Waals surface area contributed by atoms with E-state index in [4.69, 9.17) is 0 Å². The number of likely N-dealkylation sites (N-methyl/N-ethyl adjacent to an activating group) is 1. The van der Waals surface area contributed by atoms with E-state index >= 15 is 0 Å². The first-order chi connectivity index (χ1) is 11.5. The SMILES string of the molecule is CN1CCN(S(=O)(=O)N2CCN(C(=O)C3CCCCN3)CC2)CC1. The van der Waals surface area contributed by atoms with Crippen LogP contribution in [0.5, 0.6) is 0 Å². The molecule has 3 heterocycles. The van der Waals surface area contributed by atoms with Crippen molar-refractivity contribution in [3.05, 3.63) is 0 Å². The molecular weight excluding hydrogens is 330 g/mol. The molecule has 3 aliphatic heterocycles. The van der Waals surface area contributed by atoms with Gasteiger partial charge in [-0.1, -0.05) is 6.42 Å². The maximum Gasteiger partial charge on any atom is 0.282 e. The van der Waals surface area contributed by atoms with Crippen molar-refractivity contribution in [2.75, 3.05) is 66.0 Å². The Morgan fingerprint density at radius 2 is 1.50 bits per heavy atom. The maximum atomic E-state index is 12.7. The summed E-state index contributed by atoms with van der Waals surface area (Å²) in [7, 11) is -1.39. The fourth-order valence-corrected chi connectivity index (χ4v) is 5.18. The fourth-order valence-electron chi connectivity index (χ4n) is 3.60. The van der Waals surface area contributed by atoms with E-state index in [1.807, 2.05) is 11.9 Å². The molecule has 1 amide bonds. The lowest BCUT2D eigenvalue weighted by atomic mass is 10.0. The molecule has 24 heavy (non-hydrogen) atoms. The number of nitrogens with zero attached hydrogens (tertiary/aromatic N) is 4. The quantitative estimate of drug-likeness (QED) is 0.683. The zero-order valence-corrected chi connectivity index (χ0v) is 15.3. The van der Waals surface area contributed by atoms with Gasteiger partial charge in [0, 0.05) is 52.4 Å². The predicted molar refractivity (Wildman–Crippen MR) is 91.8 cm³/mol. The maximum absolute atomic E-state index is 12.7. The van der Waals surface area contributed by atoms with Crippen molar-refractivity contribution in [1.29, 1.82) is 0 Å². The number of carbonyl (C=O) groups is 1. The van der Waals surface area contributed by atoms with Gasteiger partial charge in [-0.2, -0.15) is 17.0 Å². The summed E-state index contributed by atoms with van der Waals surface area (Å²) in [5.41, 5.74) is 0. The Morgan fingerprint density at radius 3 is 2.04 bits per heavy atom. The first kappa shape index (κ1) is 18.1. The third-order valence-corrected chi connectivity index (χ3v) is 7.31. The second kappa shape index (κ2) is 7.65. The van der Waals surface area contributed by atoms with Crippen molar-refractivity contribution in [3.63, 3.8) is 0 Å². The van der Waals surface area contributed by atoms with Crippen LogP contribution in [0.4, 0.5) is 0 Å². The van der Waals surface area contributed by atoms with Crippen LogP contribution in [-0.4, -0.2) is 105 Å². The Kier molecular flexibility index (Phi) is 5.76. The van der Waals surface area contributed by atoms with Gasteiger partial charge in [-0.3, -0.25) is 4.79 Å². The number of piperazine rings is 2. The normalized spacial score (nSPS) is 28.9. The number of nitrogens with one attached hydrogen (secondary N) is 1. The van der Waals surface area contributed by atoms with Crippen LogP contribution in [0.3, 0.4) is 0 Å². The summed E-state index contributed by atoms with van der Waals surface area (Å²) in [6, 6.07) is -0.0838. The Bertz CT molecular complexity index is 533. The standard InChI is InChI=1S/C15H29N5O3S/c1-17-6-10-19(11-7-17)24(22,23)20-12-8-18(9-13-20)15(21)14-4-2-3-5-16-14/h14,16H,2-13H2,1H3. The van der Waals surface area contributed by atoms with Gasteiger partial charge in [0.2, 0.25) is 5.91 Å². The van der Waals surface area contributed by atoms with Crippen molar-refractivity contribution in [1.82, 2.24) is 23.7 Å². The molecule has 0 aromatic rings. The van der Waals surface area contributed by atoms with Crippen LogP contribution in [0.1, 0.15) is 19.3 Å². The molecule has 9 heteroatoms. The lowest BCUT2D eigenvalue weighted by molar-refractivity contribution is -0.135. The van der Waals surface area contributed by atoms with Gasteiger partial charge in [0.15, 0.2) is 0 Å². The zero-order valence-electron chi connectivity index (χ0n) is 14.5. The Morgan fingerprint density at radius 1 is 0.917 bits per heavy atom. The highest BCUT2D eigenvalue weighted by Crippen LogP contribution is 2.16. The highest BCUT2D eigenvalue weighted by Gasteiger charge is 2.35. The van der Waals surface area contributed by atoms with E-state index in [0.717, 1.165) is 38.9 Å². The summed E-state index contributed by atoms with van der Waals surface area (Å²) in [4.78, 5) is 16.5. The first-order valence-corrected chi connectivity index (χ1v) is 10.3. The van der Waals surface area contributed by atoms with Crippen molar-refractivity contribution >= 4 is 16.1 Å². The summed E-state index contributed by atoms with van der Waals surface area (Å²) >= 11 is 0. The predicted octanol–water partition coefficient (Wildman–Crippen LogP) is -1.24. The summed E-state index contributed by atoms with van der Waals surface area (Å²) < 4.78 is 28.6. The minimum atomic E-state index is -3.40. The molecule has 3 rings (SSSR count). The van der Waals surface area contributed by atoms with Crippen LogP contribution in [0.2, 0.25) is 0 Å². The minimum Gasteiger partial charge on any atom is -0.339 e. The topological polar surface area (TPSA) is 76.2 Å². The number of hydrogen-bond donors (Lipinski definition) is 1. The van der Waals surface area contributed by atoms with E-state index in [9.17, 15) is 13.2 Å². The molecule has 0 saturated carbocycles. The zero-order chi connectivity index (χ0) is 17.2. The number of carbonyl (C=O) groups excluding carboxylic acids is 1. The molecule has 1 N–H and O–H groups in total. The van der Waals surface area contributed by atoms with Gasteiger partial charge in [0.1, 0.15) is 0 Å². The lowest BCUT2D eigenvalue weighted by Gasteiger charge is -2.40. The molecule has 0 aromatic carbocycles. The smallest absolute Gasteiger partial charge is 0.282 e. The highest BCUT2D eigenvalue weighted by atomic mass is 32.2. The van der Waals surface area contributed by atoms with E-state index in [1.165, 1.54) is 4.31 Å². The molecule has 3 aliphatic rings. The van der Waals surface area contributed by atoms with Gasteiger partial charge in [-0.25, -0.2) is 0 Å². The van der Waals surface area contributed by atoms with E-state index in [1.54, 1.807) is 4.31 Å². The van der Waals surface area contributed by atoms with Crippen molar-refractivity contribution in [2.24, 2.45) is 0 Å². The molecule has 0 aromatic heterocycles. The molecule has 1 atom stereocenters. The van der Waals surface area contributed by atoms with Crippen molar-refractivity contribution < 1.29 is 13.2 Å². The summed E-state index contributed by atoms with van der Waals surface area (Å²) in [5, 5.41) is 3.28. The van der Waals surface area contributed by atoms with E-state index in [0.29, 0.717) is 39.3 Å². The fraction of sp³-hybridized carbons (Fsp3) is 0.933. The molecule has 8 nitrogen and oxygen atoms in total. The summed E-state index contributed by atoms with van der Waals surface area (Å²) in [6.07, 6.45) is 3.10. The molecule has 0 aliphatic carbocycles. The van der Waals surface area contributed by atoms with E-state index < -0.39 is 10.2 Å². The molecular formula is C15H29N5O3S. The number of hydrogen-bond acceptors (Lipinski definition) is 5. The highest BCUT2D eigenvalue weighted by molar-refractivity contribution is 7.86. The van der Waals surface area contributed by atoms with Crippen LogP contribution in [0.15, 0.2) is 0 Å². The number of rotatable bonds is 3. The lowest BCUT2D eigenvalue weighted by Crippen LogP contribution is -2.59. The van der Waals surface area contributed by atoms with Crippen LogP contribution < -0.4 is 5.32 Å². The van der Waals surface area contributed by atoms with Crippen LogP contribution >= 0.6 is 0 Å². The van der Waals surface area contributed by atoms with Gasteiger partial charge in [-0.15, -0.1) is 0 Å². The van der Waals surface area contributed by atoms with E-state index in [2.05, 4.69) is 10.2 Å². The molecule has 138 valence electrons. The Labute approximate surface area is 144 Å². The van der Waals surface area contributed by atoms with E-state index in [-0.39, 0.29) is 11.9 Å². The average molecular weight is 359 g/mol. The minimum absolute atomic E-state index is 0.0838. The van der Waals surface area contributed by atoms with Crippen LogP contribution in [-0.2, 0) is 15.0 Å². The largest absolute Gasteiger partial charge is 0.339 e. The Balaban J connectivity index is 1.53. The van der Waals surface area contributed by atoms with Crippen molar-refractivity contribution in [3.8, 4) is 0 Å². The summed E-state index contributed by atoms with van der Waals surface area (Å²) in [5.74, 6) is 0.131. The number of piperidine rings is 1. The second-order valence-corrected chi connectivity index (χ2v) is 8.87. The second-order valence-electron chi connectivity index (χ2n) is 6.94. The monoisotopic (exact) mass is 359 g/mol. The third-order valence-electron chi connectivity index (χ3n) is 5.27. The van der Waals surface area contributed by atoms with Crippen molar-refractivity contribution in [2.45, 2.75) is 25.3 Å². The molecule has 0 spiro atoms. The average Bonchev–Trinajstić information content (AvgIpc) is 2.62. The van der Waals surface area contributed by atoms with Gasteiger partial charge < -0.3 is 15.1 Å².